The summed E-state index contributed by atoms with van der Waals surface area (Å²) in [7, 11) is -4.46. The third-order valence-corrected chi connectivity index (χ3v) is 6.47. The maximum absolute atomic E-state index is 13.2. The van der Waals surface area contributed by atoms with Crippen molar-refractivity contribution in [3.63, 3.8) is 0 Å². The van der Waals surface area contributed by atoms with Gasteiger partial charge in [0.1, 0.15) is 5.75 Å². The van der Waals surface area contributed by atoms with Crippen molar-refractivity contribution in [2.45, 2.75) is 12.4 Å². The van der Waals surface area contributed by atoms with E-state index in [-0.39, 0.29) is 5.56 Å². The second kappa shape index (κ2) is 9.46. The van der Waals surface area contributed by atoms with Crippen LogP contribution in [0, 0.1) is 6.92 Å². The van der Waals surface area contributed by atoms with Gasteiger partial charge in [-0.05, 0) is 70.3 Å². The lowest BCUT2D eigenvalue weighted by Gasteiger charge is -2.16. The molecule has 0 aromatic heterocycles. The Kier molecular flexibility index (Phi) is 6.58. The summed E-state index contributed by atoms with van der Waals surface area (Å²) in [5, 5.41) is 1.95. The molecular formula is C27H21F3O4S. The largest absolute Gasteiger partial charge is 0.534 e. The van der Waals surface area contributed by atoms with E-state index in [0.29, 0.717) is 11.3 Å². The minimum atomic E-state index is -5.90. The van der Waals surface area contributed by atoms with Crippen molar-refractivity contribution in [2.75, 3.05) is 7.11 Å². The van der Waals surface area contributed by atoms with E-state index >= 15 is 0 Å². The number of hydrogen-bond acceptors (Lipinski definition) is 4. The van der Waals surface area contributed by atoms with Crippen molar-refractivity contribution < 1.29 is 30.5 Å². The minimum absolute atomic E-state index is 0.143. The van der Waals surface area contributed by atoms with Gasteiger partial charge in [-0.25, -0.2) is 0 Å². The Balaban J connectivity index is 1.95. The van der Waals surface area contributed by atoms with Gasteiger partial charge in [-0.1, -0.05) is 60.7 Å². The normalized spacial score (nSPS) is 12.5. The van der Waals surface area contributed by atoms with E-state index in [1.807, 2.05) is 55.5 Å². The fraction of sp³-hybridized carbons (Fsp3) is 0.111. The summed E-state index contributed by atoms with van der Waals surface area (Å²) in [6, 6.07) is 24.8. The number of halogens is 3. The number of alkyl halides is 3. The van der Waals surface area contributed by atoms with Crippen LogP contribution in [0.1, 0.15) is 16.7 Å². The molecule has 0 bridgehead atoms. The van der Waals surface area contributed by atoms with Gasteiger partial charge in [0.15, 0.2) is 5.76 Å². The molecule has 180 valence electrons. The van der Waals surface area contributed by atoms with Crippen LogP contribution in [-0.2, 0) is 14.3 Å². The van der Waals surface area contributed by atoms with E-state index in [2.05, 4.69) is 4.18 Å². The lowest BCUT2D eigenvalue weighted by molar-refractivity contribution is -0.0509. The zero-order chi connectivity index (χ0) is 25.2. The van der Waals surface area contributed by atoms with Crippen molar-refractivity contribution in [1.82, 2.24) is 0 Å². The maximum atomic E-state index is 13.2. The Labute approximate surface area is 201 Å². The first-order valence-corrected chi connectivity index (χ1v) is 12.0. The van der Waals surface area contributed by atoms with Crippen LogP contribution in [0.25, 0.3) is 33.7 Å². The molecule has 0 aliphatic carbocycles. The van der Waals surface area contributed by atoms with Crippen molar-refractivity contribution in [2.24, 2.45) is 0 Å². The smallest absolute Gasteiger partial charge is 0.497 e. The summed E-state index contributed by atoms with van der Waals surface area (Å²) in [5.41, 5.74) is -2.45. The highest BCUT2D eigenvalue weighted by Gasteiger charge is 2.49. The van der Waals surface area contributed by atoms with Gasteiger partial charge in [-0.2, -0.15) is 21.6 Å². The molecular weight excluding hydrogens is 477 g/mol. The monoisotopic (exact) mass is 498 g/mol. The zero-order valence-electron chi connectivity index (χ0n) is 18.8. The molecule has 35 heavy (non-hydrogen) atoms. The summed E-state index contributed by atoms with van der Waals surface area (Å²) >= 11 is 0. The first kappa shape index (κ1) is 24.3. The second-order valence-corrected chi connectivity index (χ2v) is 9.32. The predicted molar refractivity (Wildman–Crippen MR) is 131 cm³/mol. The number of rotatable bonds is 6. The average Bonchev–Trinajstić information content (AvgIpc) is 2.83. The van der Waals surface area contributed by atoms with Crippen LogP contribution in [0.2, 0.25) is 0 Å². The summed E-state index contributed by atoms with van der Waals surface area (Å²) in [5.74, 6) is -0.00385. The molecule has 0 N–H and O–H groups in total. The second-order valence-electron chi connectivity index (χ2n) is 7.79. The summed E-state index contributed by atoms with van der Waals surface area (Å²) in [6.07, 6.45) is 1.31. The van der Waals surface area contributed by atoms with E-state index in [9.17, 15) is 21.6 Å². The van der Waals surface area contributed by atoms with Gasteiger partial charge < -0.3 is 8.92 Å². The summed E-state index contributed by atoms with van der Waals surface area (Å²) in [6.45, 7) is 1.88. The molecule has 4 aromatic carbocycles. The average molecular weight is 499 g/mol. The fourth-order valence-corrected chi connectivity index (χ4v) is 4.31. The number of aryl methyl sites for hydroxylation is 1. The molecule has 0 radical (unpaired) electrons. The molecule has 0 saturated heterocycles. The van der Waals surface area contributed by atoms with Gasteiger partial charge >= 0.3 is 15.6 Å². The molecule has 0 amide bonds. The molecule has 0 heterocycles. The van der Waals surface area contributed by atoms with E-state index in [1.54, 1.807) is 12.1 Å². The molecule has 4 aromatic rings. The molecule has 0 aliphatic rings. The SMILES string of the molecule is COc1ccc(/C(=C/c2cccc(C)c2-c2cccc3ccccc23)OS(=O)(=O)C(F)(F)F)cc1. The highest BCUT2D eigenvalue weighted by atomic mass is 32.2. The van der Waals surface area contributed by atoms with E-state index < -0.39 is 21.4 Å². The molecule has 0 fully saturated rings. The summed E-state index contributed by atoms with van der Waals surface area (Å²) < 4.78 is 73.2. The molecule has 0 spiro atoms. The first-order valence-electron chi connectivity index (χ1n) is 10.6. The van der Waals surface area contributed by atoms with Crippen LogP contribution in [-0.4, -0.2) is 21.0 Å². The van der Waals surface area contributed by atoms with Gasteiger partial charge in [-0.3, -0.25) is 0 Å². The van der Waals surface area contributed by atoms with Crippen LogP contribution in [0.3, 0.4) is 0 Å². The number of ether oxygens (including phenoxy) is 1. The van der Waals surface area contributed by atoms with E-state index in [4.69, 9.17) is 4.74 Å². The van der Waals surface area contributed by atoms with Crippen LogP contribution in [0.5, 0.6) is 5.75 Å². The molecule has 0 unspecified atom stereocenters. The predicted octanol–water partition coefficient (Wildman–Crippen LogP) is 7.19. The number of methoxy groups -OCH3 is 1. The van der Waals surface area contributed by atoms with Crippen LogP contribution in [0.15, 0.2) is 84.9 Å². The van der Waals surface area contributed by atoms with Gasteiger partial charge in [-0.15, -0.1) is 0 Å². The third-order valence-electron chi connectivity index (χ3n) is 5.51. The lowest BCUT2D eigenvalue weighted by atomic mass is 9.91. The Morgan fingerprint density at radius 2 is 1.51 bits per heavy atom. The first-order chi connectivity index (χ1) is 16.6. The van der Waals surface area contributed by atoms with Gasteiger partial charge in [0.2, 0.25) is 0 Å². The highest BCUT2D eigenvalue weighted by Crippen LogP contribution is 2.37. The van der Waals surface area contributed by atoms with Crippen molar-refractivity contribution >= 4 is 32.7 Å². The Bertz CT molecular complexity index is 1500. The standard InChI is InChI=1S/C27H21F3O4S/c1-18-7-5-10-21(26(18)24-12-6-9-19-8-3-4-11-23(19)24)17-25(34-35(31,32)27(28,29)30)20-13-15-22(33-2)16-14-20/h3-17H,1-2H3/b25-17-. The van der Waals surface area contributed by atoms with Gasteiger partial charge in [0, 0.05) is 5.56 Å². The van der Waals surface area contributed by atoms with Crippen molar-refractivity contribution in [3.05, 3.63) is 102 Å². The van der Waals surface area contributed by atoms with Crippen LogP contribution >= 0.6 is 0 Å². The fourth-order valence-electron chi connectivity index (χ4n) is 3.84. The number of fused-ring (bicyclic) bond motifs is 1. The molecule has 0 aliphatic heterocycles. The van der Waals surface area contributed by atoms with Crippen LogP contribution in [0.4, 0.5) is 13.2 Å². The van der Waals surface area contributed by atoms with Crippen LogP contribution < -0.4 is 4.74 Å². The highest BCUT2D eigenvalue weighted by molar-refractivity contribution is 7.87. The van der Waals surface area contributed by atoms with Crippen molar-refractivity contribution in [1.29, 1.82) is 0 Å². The Morgan fingerprint density at radius 1 is 0.857 bits per heavy atom. The Morgan fingerprint density at radius 3 is 2.20 bits per heavy atom. The van der Waals surface area contributed by atoms with Gasteiger partial charge in [0.25, 0.3) is 0 Å². The Hall–Kier alpha value is -3.78. The van der Waals surface area contributed by atoms with Gasteiger partial charge in [0.05, 0.1) is 7.11 Å². The van der Waals surface area contributed by atoms with E-state index in [0.717, 1.165) is 27.5 Å². The molecule has 4 rings (SSSR count). The topological polar surface area (TPSA) is 52.6 Å². The van der Waals surface area contributed by atoms with E-state index in [1.165, 1.54) is 37.5 Å². The summed E-state index contributed by atoms with van der Waals surface area (Å²) in [4.78, 5) is 0. The molecule has 8 heteroatoms. The molecule has 4 nitrogen and oxygen atoms in total. The number of benzene rings is 4. The molecule has 0 atom stereocenters. The third kappa shape index (κ3) is 5.02. The zero-order valence-corrected chi connectivity index (χ0v) is 19.7. The quantitative estimate of drug-likeness (QED) is 0.122. The minimum Gasteiger partial charge on any atom is -0.497 e. The number of hydrogen-bond donors (Lipinski definition) is 0. The lowest BCUT2D eigenvalue weighted by Crippen LogP contribution is -2.25. The molecule has 0 saturated carbocycles. The maximum Gasteiger partial charge on any atom is 0.534 e. The van der Waals surface area contributed by atoms with Crippen molar-refractivity contribution in [3.8, 4) is 16.9 Å².